The van der Waals surface area contributed by atoms with Gasteiger partial charge in [-0.2, -0.15) is 0 Å². The molecule has 0 radical (unpaired) electrons. The predicted octanol–water partition coefficient (Wildman–Crippen LogP) is 3.24. The summed E-state index contributed by atoms with van der Waals surface area (Å²) in [6.07, 6.45) is 7.22. The van der Waals surface area contributed by atoms with Gasteiger partial charge >= 0.3 is 0 Å². The number of amides is 4. The summed E-state index contributed by atoms with van der Waals surface area (Å²) in [5, 5.41) is 9.78. The lowest BCUT2D eigenvalue weighted by molar-refractivity contribution is -0.143. The Hall–Kier alpha value is -3.69. The summed E-state index contributed by atoms with van der Waals surface area (Å²) in [4.78, 5) is 71.2. The summed E-state index contributed by atoms with van der Waals surface area (Å²) in [5.41, 5.74) is 2.22. The first kappa shape index (κ1) is 30.3. The minimum absolute atomic E-state index is 0.0208. The number of likely N-dealkylation sites (tertiary alicyclic amines) is 1. The van der Waals surface area contributed by atoms with E-state index >= 15 is 0 Å². The fourth-order valence-corrected chi connectivity index (χ4v) is 8.27. The molecule has 2 aromatic rings. The number of piperidine rings is 2. The van der Waals surface area contributed by atoms with Gasteiger partial charge in [0.05, 0.1) is 6.04 Å². The lowest BCUT2D eigenvalue weighted by atomic mass is 9.83. The number of carbonyl (C=O) groups excluding carboxylic acids is 5. The van der Waals surface area contributed by atoms with Crippen molar-refractivity contribution in [2.45, 2.75) is 90.3 Å². The van der Waals surface area contributed by atoms with Gasteiger partial charge in [0.1, 0.15) is 24.1 Å². The van der Waals surface area contributed by atoms with Crippen molar-refractivity contribution in [1.29, 1.82) is 0 Å². The number of aryl methyl sites for hydroxylation is 1. The molecular weight excluding hydrogens is 558 g/mol. The van der Waals surface area contributed by atoms with Crippen LogP contribution < -0.4 is 16.0 Å². The normalized spacial score (nSPS) is 27.6. The van der Waals surface area contributed by atoms with Crippen molar-refractivity contribution in [3.8, 4) is 0 Å². The topological polar surface area (TPSA) is 140 Å². The van der Waals surface area contributed by atoms with E-state index < -0.39 is 18.1 Å². The number of H-pyrrole nitrogens is 1. The quantitative estimate of drug-likeness (QED) is 0.326. The Morgan fingerprint density at radius 2 is 1.86 bits per heavy atom. The highest BCUT2D eigenvalue weighted by atomic mass is 16.2. The van der Waals surface area contributed by atoms with Gasteiger partial charge < -0.3 is 30.6 Å². The standard InChI is InChI=1S/C34H45N5O5/c1-19-9-7-13-25-23(19)16-26(37-25)31(42)38-28(20-10-5-4-6-11-20)33(44)39-17-24-27(34(24,2)3)29(39)32(43)36-22(18-40)15-21-12-8-14-35-30(21)41/h7,9,13,16,18,20-22,24,27-29,37H,4-6,8,10-12,14-15,17H2,1-3H3,(H,35,41)(H,36,43)(H,38,42)/t21-,22-,24-,27-,28-,29-/m0/s1. The van der Waals surface area contributed by atoms with E-state index in [9.17, 15) is 24.0 Å². The van der Waals surface area contributed by atoms with Crippen molar-refractivity contribution in [3.05, 3.63) is 35.5 Å². The number of carbonyl (C=O) groups is 5. The van der Waals surface area contributed by atoms with Gasteiger partial charge in [-0.05, 0) is 79.9 Å². The Morgan fingerprint density at radius 3 is 2.57 bits per heavy atom. The average Bonchev–Trinajstić information content (AvgIpc) is 3.40. The van der Waals surface area contributed by atoms with Gasteiger partial charge in [-0.3, -0.25) is 19.2 Å². The summed E-state index contributed by atoms with van der Waals surface area (Å²) in [5.74, 6) is -1.22. The van der Waals surface area contributed by atoms with Crippen LogP contribution in [0.1, 0.15) is 81.3 Å². The molecule has 6 atom stereocenters. The fraction of sp³-hybridized carbons (Fsp3) is 0.618. The maximum atomic E-state index is 14.4. The molecule has 4 aliphatic rings. The molecule has 3 heterocycles. The first-order valence-electron chi connectivity index (χ1n) is 16.3. The zero-order valence-electron chi connectivity index (χ0n) is 26.0. The largest absolute Gasteiger partial charge is 0.356 e. The van der Waals surface area contributed by atoms with Gasteiger partial charge in [0.25, 0.3) is 5.91 Å². The van der Waals surface area contributed by atoms with Gasteiger partial charge in [-0.1, -0.05) is 45.2 Å². The highest BCUT2D eigenvalue weighted by Gasteiger charge is 2.69. The molecule has 4 N–H and O–H groups in total. The van der Waals surface area contributed by atoms with Gasteiger partial charge in [0, 0.05) is 29.9 Å². The van der Waals surface area contributed by atoms with Crippen LogP contribution in [0.2, 0.25) is 0 Å². The second kappa shape index (κ2) is 12.0. The SMILES string of the molecule is Cc1cccc2[nH]c(C(=O)N[C@H](C(=O)N3C[C@H]4[C@@H]([C@H]3C(=O)N[C@H](C=O)C[C@@H]3CCCNC3=O)C4(C)C)C3CCCCC3)cc12. The molecule has 1 aromatic carbocycles. The van der Waals surface area contributed by atoms with E-state index in [0.717, 1.165) is 55.0 Å². The molecule has 44 heavy (non-hydrogen) atoms. The Morgan fingerprint density at radius 1 is 1.09 bits per heavy atom. The minimum Gasteiger partial charge on any atom is -0.356 e. The summed E-state index contributed by atoms with van der Waals surface area (Å²) in [6, 6.07) is 5.40. The van der Waals surface area contributed by atoms with E-state index in [1.807, 2.05) is 31.2 Å². The van der Waals surface area contributed by atoms with Crippen molar-refractivity contribution in [1.82, 2.24) is 25.8 Å². The second-order valence-corrected chi connectivity index (χ2v) is 14.1. The van der Waals surface area contributed by atoms with Crippen molar-refractivity contribution < 1.29 is 24.0 Å². The molecule has 0 unspecified atom stereocenters. The molecule has 2 saturated carbocycles. The number of nitrogens with one attached hydrogen (secondary N) is 4. The first-order chi connectivity index (χ1) is 21.1. The Balaban J connectivity index is 1.22. The molecule has 1 aromatic heterocycles. The van der Waals surface area contributed by atoms with E-state index in [1.165, 1.54) is 0 Å². The summed E-state index contributed by atoms with van der Waals surface area (Å²) in [7, 11) is 0. The molecule has 2 saturated heterocycles. The molecule has 0 bridgehead atoms. The molecule has 4 fully saturated rings. The van der Waals surface area contributed by atoms with E-state index in [1.54, 1.807) is 4.90 Å². The molecule has 6 rings (SSSR count). The van der Waals surface area contributed by atoms with E-state index in [-0.39, 0.29) is 59.1 Å². The lowest BCUT2D eigenvalue weighted by Gasteiger charge is -2.37. The van der Waals surface area contributed by atoms with Crippen LogP contribution in [0.15, 0.2) is 24.3 Å². The summed E-state index contributed by atoms with van der Waals surface area (Å²) in [6.45, 7) is 7.30. The third-order valence-corrected chi connectivity index (χ3v) is 11.0. The monoisotopic (exact) mass is 603 g/mol. The zero-order valence-corrected chi connectivity index (χ0v) is 26.0. The third kappa shape index (κ3) is 5.63. The van der Waals surface area contributed by atoms with Crippen molar-refractivity contribution in [3.63, 3.8) is 0 Å². The maximum Gasteiger partial charge on any atom is 0.268 e. The number of rotatable bonds is 9. The van der Waals surface area contributed by atoms with Crippen LogP contribution in [-0.4, -0.2) is 71.0 Å². The smallest absolute Gasteiger partial charge is 0.268 e. The molecule has 2 aliphatic heterocycles. The van der Waals surface area contributed by atoms with Crippen molar-refractivity contribution >= 4 is 40.8 Å². The summed E-state index contributed by atoms with van der Waals surface area (Å²) < 4.78 is 0. The second-order valence-electron chi connectivity index (χ2n) is 14.1. The van der Waals surface area contributed by atoms with E-state index in [4.69, 9.17) is 0 Å². The van der Waals surface area contributed by atoms with Crippen LogP contribution in [-0.2, 0) is 19.2 Å². The Labute approximate surface area is 258 Å². The third-order valence-electron chi connectivity index (χ3n) is 11.0. The highest BCUT2D eigenvalue weighted by Crippen LogP contribution is 2.65. The molecular formula is C34H45N5O5. The minimum atomic E-state index is -0.812. The first-order valence-corrected chi connectivity index (χ1v) is 16.3. The van der Waals surface area contributed by atoms with E-state index in [2.05, 4.69) is 34.8 Å². The van der Waals surface area contributed by atoms with Crippen LogP contribution in [0.3, 0.4) is 0 Å². The fourth-order valence-electron chi connectivity index (χ4n) is 8.27. The number of benzene rings is 1. The number of hydrogen-bond acceptors (Lipinski definition) is 5. The number of hydrogen-bond donors (Lipinski definition) is 4. The Kier molecular flexibility index (Phi) is 8.28. The zero-order chi connectivity index (χ0) is 31.2. The van der Waals surface area contributed by atoms with Crippen molar-refractivity contribution in [2.24, 2.45) is 29.1 Å². The predicted molar refractivity (Wildman–Crippen MR) is 165 cm³/mol. The Bertz CT molecular complexity index is 1460. The number of aldehydes is 1. The lowest BCUT2D eigenvalue weighted by Crippen LogP contribution is -2.59. The van der Waals surface area contributed by atoms with Gasteiger partial charge in [0.2, 0.25) is 17.7 Å². The van der Waals surface area contributed by atoms with Gasteiger partial charge in [-0.15, -0.1) is 0 Å². The highest BCUT2D eigenvalue weighted by molar-refractivity contribution is 6.01. The van der Waals surface area contributed by atoms with Crippen LogP contribution in [0.25, 0.3) is 10.9 Å². The average molecular weight is 604 g/mol. The number of aromatic nitrogens is 1. The van der Waals surface area contributed by atoms with Gasteiger partial charge in [-0.25, -0.2) is 0 Å². The van der Waals surface area contributed by atoms with Crippen LogP contribution >= 0.6 is 0 Å². The van der Waals surface area contributed by atoms with Crippen LogP contribution in [0.5, 0.6) is 0 Å². The van der Waals surface area contributed by atoms with Gasteiger partial charge in [0.15, 0.2) is 0 Å². The van der Waals surface area contributed by atoms with Crippen molar-refractivity contribution in [2.75, 3.05) is 13.1 Å². The number of nitrogens with zero attached hydrogens (tertiary/aromatic N) is 1. The number of aromatic amines is 1. The van der Waals surface area contributed by atoms with Crippen LogP contribution in [0.4, 0.5) is 0 Å². The molecule has 0 spiro atoms. The number of fused-ring (bicyclic) bond motifs is 2. The molecule has 4 amide bonds. The van der Waals surface area contributed by atoms with E-state index in [0.29, 0.717) is 31.5 Å². The van der Waals surface area contributed by atoms with Crippen LogP contribution in [0, 0.1) is 36.0 Å². The molecule has 236 valence electrons. The molecule has 10 heteroatoms. The molecule has 10 nitrogen and oxygen atoms in total. The molecule has 2 aliphatic carbocycles. The maximum absolute atomic E-state index is 14.4. The summed E-state index contributed by atoms with van der Waals surface area (Å²) >= 11 is 0.